The van der Waals surface area contributed by atoms with Crippen LogP contribution in [0.1, 0.15) is 26.7 Å². The van der Waals surface area contributed by atoms with Gasteiger partial charge in [-0.25, -0.2) is 4.31 Å². The van der Waals surface area contributed by atoms with Gasteiger partial charge in [0.05, 0.1) is 0 Å². The van der Waals surface area contributed by atoms with Crippen LogP contribution in [0, 0.1) is 5.92 Å². The number of amides is 2. The molecule has 0 radical (unpaired) electrons. The molecule has 2 amide bonds. The number of hydrogen-bond acceptors (Lipinski definition) is 3. The van der Waals surface area contributed by atoms with E-state index in [-0.39, 0.29) is 11.8 Å². The molecule has 12 heavy (non-hydrogen) atoms. The van der Waals surface area contributed by atoms with Gasteiger partial charge in [-0.05, 0) is 17.9 Å². The second-order valence-electron chi connectivity index (χ2n) is 3.27. The fraction of sp³-hybridized carbons (Fsp3) is 0.750. The third-order valence-electron chi connectivity index (χ3n) is 1.54. The van der Waals surface area contributed by atoms with E-state index in [1.165, 1.54) is 16.3 Å². The lowest BCUT2D eigenvalue weighted by Crippen LogP contribution is -2.22. The zero-order valence-electron chi connectivity index (χ0n) is 7.37. The molecular formula is C8H13NO2S. The van der Waals surface area contributed by atoms with Crippen molar-refractivity contribution in [2.45, 2.75) is 26.7 Å². The Bertz CT molecular complexity index is 187. The summed E-state index contributed by atoms with van der Waals surface area (Å²) in [5.41, 5.74) is 0. The van der Waals surface area contributed by atoms with E-state index in [0.717, 1.165) is 5.75 Å². The molecule has 0 spiro atoms. The van der Waals surface area contributed by atoms with Gasteiger partial charge in [-0.2, -0.15) is 0 Å². The maximum absolute atomic E-state index is 11.1. The Kier molecular flexibility index (Phi) is 3.14. The lowest BCUT2D eigenvalue weighted by Gasteiger charge is -2.12. The summed E-state index contributed by atoms with van der Waals surface area (Å²) in [6, 6.07) is 0. The molecule has 0 bridgehead atoms. The first-order chi connectivity index (χ1) is 5.61. The third kappa shape index (κ3) is 2.24. The molecule has 1 fully saturated rings. The third-order valence-corrected chi connectivity index (χ3v) is 3.02. The largest absolute Gasteiger partial charge is 0.273 e. The van der Waals surface area contributed by atoms with Gasteiger partial charge in [-0.3, -0.25) is 9.59 Å². The maximum atomic E-state index is 11.1. The highest BCUT2D eigenvalue weighted by Crippen LogP contribution is 2.22. The van der Waals surface area contributed by atoms with Crippen LogP contribution >= 0.6 is 11.9 Å². The molecule has 0 aromatic rings. The maximum Gasteiger partial charge on any atom is 0.239 e. The zero-order valence-corrected chi connectivity index (χ0v) is 8.19. The average molecular weight is 187 g/mol. The summed E-state index contributed by atoms with van der Waals surface area (Å²) in [5, 5.41) is 0. The average Bonchev–Trinajstić information content (AvgIpc) is 2.28. The number of hydrogen-bond donors (Lipinski definition) is 0. The molecule has 0 N–H and O–H groups in total. The van der Waals surface area contributed by atoms with Gasteiger partial charge < -0.3 is 0 Å². The van der Waals surface area contributed by atoms with Gasteiger partial charge in [0.25, 0.3) is 0 Å². The number of carbonyl (C=O) groups excluding carboxylic acids is 2. The van der Waals surface area contributed by atoms with E-state index in [2.05, 4.69) is 13.8 Å². The summed E-state index contributed by atoms with van der Waals surface area (Å²) >= 11 is 1.34. The fourth-order valence-electron chi connectivity index (χ4n) is 0.924. The van der Waals surface area contributed by atoms with Crippen molar-refractivity contribution < 1.29 is 9.59 Å². The van der Waals surface area contributed by atoms with Crippen LogP contribution in [0.25, 0.3) is 0 Å². The molecule has 0 aliphatic carbocycles. The highest BCUT2D eigenvalue weighted by Gasteiger charge is 2.29. The van der Waals surface area contributed by atoms with Crippen molar-refractivity contribution in [1.29, 1.82) is 0 Å². The van der Waals surface area contributed by atoms with Crippen molar-refractivity contribution in [2.75, 3.05) is 5.75 Å². The van der Waals surface area contributed by atoms with Crippen LogP contribution in [0.2, 0.25) is 0 Å². The minimum Gasteiger partial charge on any atom is -0.273 e. The molecule has 4 heteroatoms. The Labute approximate surface area is 76.6 Å². The molecule has 0 aromatic carbocycles. The van der Waals surface area contributed by atoms with Crippen LogP contribution in [0.4, 0.5) is 0 Å². The van der Waals surface area contributed by atoms with Gasteiger partial charge >= 0.3 is 0 Å². The molecule has 1 saturated heterocycles. The topological polar surface area (TPSA) is 37.4 Å². The zero-order chi connectivity index (χ0) is 9.14. The Morgan fingerprint density at radius 1 is 1.33 bits per heavy atom. The predicted octanol–water partition coefficient (Wildman–Crippen LogP) is 1.44. The normalized spacial score (nSPS) is 18.1. The summed E-state index contributed by atoms with van der Waals surface area (Å²) in [6.07, 6.45) is 0.786. The van der Waals surface area contributed by atoms with Crippen molar-refractivity contribution in [2.24, 2.45) is 5.92 Å². The number of imide groups is 1. The van der Waals surface area contributed by atoms with E-state index in [4.69, 9.17) is 0 Å². The molecule has 0 aromatic heterocycles. The fourth-order valence-corrected chi connectivity index (χ4v) is 1.84. The van der Waals surface area contributed by atoms with Crippen LogP contribution in [-0.4, -0.2) is 21.9 Å². The van der Waals surface area contributed by atoms with Crippen molar-refractivity contribution in [3.63, 3.8) is 0 Å². The second-order valence-corrected chi connectivity index (χ2v) is 4.23. The van der Waals surface area contributed by atoms with Crippen molar-refractivity contribution >= 4 is 23.8 Å². The lowest BCUT2D eigenvalue weighted by atomic mass is 10.3. The highest BCUT2D eigenvalue weighted by atomic mass is 32.2. The van der Waals surface area contributed by atoms with E-state index in [1.54, 1.807) is 0 Å². The smallest absolute Gasteiger partial charge is 0.239 e. The number of rotatable bonds is 3. The summed E-state index contributed by atoms with van der Waals surface area (Å²) in [7, 11) is 0. The number of nitrogens with zero attached hydrogens (tertiary/aromatic N) is 1. The monoisotopic (exact) mass is 187 g/mol. The molecular weight excluding hydrogens is 174 g/mol. The first-order valence-electron chi connectivity index (χ1n) is 4.10. The first kappa shape index (κ1) is 9.58. The Balaban J connectivity index is 2.40. The summed E-state index contributed by atoms with van der Waals surface area (Å²) in [4.78, 5) is 22.2. The molecule has 1 rings (SSSR count). The molecule has 1 heterocycles. The van der Waals surface area contributed by atoms with Crippen LogP contribution in [0.3, 0.4) is 0 Å². The van der Waals surface area contributed by atoms with Gasteiger partial charge in [0.2, 0.25) is 11.8 Å². The summed E-state index contributed by atoms with van der Waals surface area (Å²) in [6.45, 7) is 4.13. The number of carbonyl (C=O) groups is 2. The molecule has 1 aliphatic heterocycles. The standard InChI is InChI=1S/C8H13NO2S/c1-6(2)5-12-9-7(10)3-4-8(9)11/h6H,3-5H2,1-2H3. The van der Waals surface area contributed by atoms with Gasteiger partial charge in [0.1, 0.15) is 0 Å². The SMILES string of the molecule is CC(C)CSN1C(=O)CCC1=O. The summed E-state index contributed by atoms with van der Waals surface area (Å²) in [5.74, 6) is 1.27. The van der Waals surface area contributed by atoms with Crippen molar-refractivity contribution in [3.05, 3.63) is 0 Å². The molecule has 0 atom stereocenters. The molecule has 1 aliphatic rings. The van der Waals surface area contributed by atoms with Crippen LogP contribution in [0.5, 0.6) is 0 Å². The van der Waals surface area contributed by atoms with E-state index in [1.807, 2.05) is 0 Å². The van der Waals surface area contributed by atoms with Crippen molar-refractivity contribution in [3.8, 4) is 0 Å². The van der Waals surface area contributed by atoms with Crippen LogP contribution < -0.4 is 0 Å². The molecule has 3 nitrogen and oxygen atoms in total. The minimum atomic E-state index is -0.0364. The van der Waals surface area contributed by atoms with Crippen LogP contribution in [-0.2, 0) is 9.59 Å². The van der Waals surface area contributed by atoms with Gasteiger partial charge in [0, 0.05) is 18.6 Å². The summed E-state index contributed by atoms with van der Waals surface area (Å²) < 4.78 is 1.31. The van der Waals surface area contributed by atoms with E-state index < -0.39 is 0 Å². The van der Waals surface area contributed by atoms with Crippen LogP contribution in [0.15, 0.2) is 0 Å². The van der Waals surface area contributed by atoms with Gasteiger partial charge in [0.15, 0.2) is 0 Å². The molecule has 0 saturated carbocycles. The molecule has 0 unspecified atom stereocenters. The van der Waals surface area contributed by atoms with Gasteiger partial charge in [-0.1, -0.05) is 13.8 Å². The van der Waals surface area contributed by atoms with E-state index >= 15 is 0 Å². The van der Waals surface area contributed by atoms with Gasteiger partial charge in [-0.15, -0.1) is 0 Å². The Hall–Kier alpha value is -0.510. The predicted molar refractivity (Wildman–Crippen MR) is 48.4 cm³/mol. The Morgan fingerprint density at radius 2 is 1.83 bits per heavy atom. The molecule has 68 valence electrons. The van der Waals surface area contributed by atoms with Crippen molar-refractivity contribution in [1.82, 2.24) is 4.31 Å². The minimum absolute atomic E-state index is 0.0364. The first-order valence-corrected chi connectivity index (χ1v) is 5.04. The second kappa shape index (κ2) is 3.94. The quantitative estimate of drug-likeness (QED) is 0.495. The van der Waals surface area contributed by atoms with E-state index in [9.17, 15) is 9.59 Å². The lowest BCUT2D eigenvalue weighted by molar-refractivity contribution is -0.131. The highest BCUT2D eigenvalue weighted by molar-refractivity contribution is 7.98. The van der Waals surface area contributed by atoms with E-state index in [0.29, 0.717) is 18.8 Å². The Morgan fingerprint density at radius 3 is 2.25 bits per heavy atom.